The minimum absolute atomic E-state index is 0.322. The zero-order valence-electron chi connectivity index (χ0n) is 10.3. The van der Waals surface area contributed by atoms with Crippen molar-refractivity contribution in [2.75, 3.05) is 0 Å². The number of hydrazone groups is 1. The first-order valence-corrected chi connectivity index (χ1v) is 6.48. The molecule has 2 rings (SSSR count). The summed E-state index contributed by atoms with van der Waals surface area (Å²) in [6, 6.07) is 12.9. The van der Waals surface area contributed by atoms with Crippen molar-refractivity contribution in [2.24, 2.45) is 5.10 Å². The van der Waals surface area contributed by atoms with Crippen LogP contribution in [0.4, 0.5) is 0 Å². The van der Waals surface area contributed by atoms with Gasteiger partial charge in [0.25, 0.3) is 5.91 Å². The molecule has 1 aromatic carbocycles. The van der Waals surface area contributed by atoms with Crippen LogP contribution in [0.5, 0.6) is 0 Å². The highest BCUT2D eigenvalue weighted by atomic mass is 79.9. The molecule has 4 nitrogen and oxygen atoms in total. The maximum Gasteiger partial charge on any atom is 0.289 e. The number of carbonyl (C=O) groups excluding carboxylic acids is 1. The summed E-state index contributed by atoms with van der Waals surface area (Å²) in [7, 11) is 0. The first-order valence-electron chi connectivity index (χ1n) is 5.68. The lowest BCUT2D eigenvalue weighted by atomic mass is 10.1. The van der Waals surface area contributed by atoms with Crippen LogP contribution in [0.3, 0.4) is 0 Å². The topological polar surface area (TPSA) is 54.4 Å². The largest absolute Gasteiger partial charge is 0.289 e. The summed E-state index contributed by atoms with van der Waals surface area (Å²) in [5.41, 5.74) is 4.51. The molecule has 1 aromatic heterocycles. The minimum atomic E-state index is -0.322. The molecule has 1 N–H and O–H groups in total. The molecule has 0 unspecified atom stereocenters. The SMILES string of the molecule is C/C(=N\NC(=O)c1ccccn1)c1ccc(Br)cc1. The third-order valence-electron chi connectivity index (χ3n) is 2.48. The van der Waals surface area contributed by atoms with Gasteiger partial charge < -0.3 is 0 Å². The second kappa shape index (κ2) is 6.24. The highest BCUT2D eigenvalue weighted by Crippen LogP contribution is 2.11. The molecule has 96 valence electrons. The zero-order valence-corrected chi connectivity index (χ0v) is 11.9. The van der Waals surface area contributed by atoms with Crippen molar-refractivity contribution in [3.63, 3.8) is 0 Å². The number of nitrogens with one attached hydrogen (secondary N) is 1. The third kappa shape index (κ3) is 3.72. The summed E-state index contributed by atoms with van der Waals surface area (Å²) in [5, 5.41) is 4.06. The molecule has 5 heteroatoms. The molecule has 0 aliphatic carbocycles. The molecule has 1 amide bonds. The van der Waals surface area contributed by atoms with E-state index in [1.54, 1.807) is 24.4 Å². The molecule has 0 spiro atoms. The van der Waals surface area contributed by atoms with Crippen LogP contribution in [0.2, 0.25) is 0 Å². The monoisotopic (exact) mass is 317 g/mol. The van der Waals surface area contributed by atoms with E-state index in [-0.39, 0.29) is 5.91 Å². The standard InChI is InChI=1S/C14H12BrN3O/c1-10(11-5-7-12(15)8-6-11)17-18-14(19)13-4-2-3-9-16-13/h2-9H,1H3,(H,18,19)/b17-10+. The number of benzene rings is 1. The van der Waals surface area contributed by atoms with Gasteiger partial charge in [-0.1, -0.05) is 34.1 Å². The number of rotatable bonds is 3. The molecule has 0 fully saturated rings. The Balaban J connectivity index is 2.06. The van der Waals surface area contributed by atoms with E-state index in [0.717, 1.165) is 15.7 Å². The number of nitrogens with zero attached hydrogens (tertiary/aromatic N) is 2. The summed E-state index contributed by atoms with van der Waals surface area (Å²) < 4.78 is 1.00. The van der Waals surface area contributed by atoms with Crippen molar-refractivity contribution in [1.29, 1.82) is 0 Å². The Hall–Kier alpha value is -2.01. The number of halogens is 1. The van der Waals surface area contributed by atoms with Gasteiger partial charge in [0.2, 0.25) is 0 Å². The predicted octanol–water partition coefficient (Wildman–Crippen LogP) is 3.00. The minimum Gasteiger partial charge on any atom is -0.266 e. The smallest absolute Gasteiger partial charge is 0.266 e. The van der Waals surface area contributed by atoms with Gasteiger partial charge in [0.05, 0.1) is 5.71 Å². The van der Waals surface area contributed by atoms with Crippen LogP contribution in [-0.4, -0.2) is 16.6 Å². The lowest BCUT2D eigenvalue weighted by molar-refractivity contribution is 0.0950. The predicted molar refractivity (Wildman–Crippen MR) is 78.1 cm³/mol. The van der Waals surface area contributed by atoms with Crippen LogP contribution in [0.25, 0.3) is 0 Å². The highest BCUT2D eigenvalue weighted by molar-refractivity contribution is 9.10. The maximum atomic E-state index is 11.7. The van der Waals surface area contributed by atoms with Gasteiger partial charge >= 0.3 is 0 Å². The Bertz CT molecular complexity index is 594. The van der Waals surface area contributed by atoms with Gasteiger partial charge in [-0.05, 0) is 36.8 Å². The molecule has 0 radical (unpaired) electrons. The van der Waals surface area contributed by atoms with Crippen LogP contribution in [0.1, 0.15) is 23.0 Å². The number of hydrogen-bond acceptors (Lipinski definition) is 3. The van der Waals surface area contributed by atoms with Crippen LogP contribution in [-0.2, 0) is 0 Å². The van der Waals surface area contributed by atoms with Crippen LogP contribution >= 0.6 is 15.9 Å². The average molecular weight is 318 g/mol. The molecular formula is C14H12BrN3O. The summed E-state index contributed by atoms with van der Waals surface area (Å²) >= 11 is 3.37. The van der Waals surface area contributed by atoms with Gasteiger partial charge in [0.1, 0.15) is 5.69 Å². The molecular weight excluding hydrogens is 306 g/mol. The average Bonchev–Trinajstić information content (AvgIpc) is 2.46. The normalized spacial score (nSPS) is 11.2. The van der Waals surface area contributed by atoms with Crippen molar-refractivity contribution in [3.8, 4) is 0 Å². The first-order chi connectivity index (χ1) is 9.16. The van der Waals surface area contributed by atoms with E-state index < -0.39 is 0 Å². The van der Waals surface area contributed by atoms with Gasteiger partial charge in [-0.2, -0.15) is 5.10 Å². The van der Waals surface area contributed by atoms with Crippen molar-refractivity contribution in [1.82, 2.24) is 10.4 Å². The molecule has 0 atom stereocenters. The molecule has 0 saturated heterocycles. The molecule has 0 aliphatic rings. The number of aromatic nitrogens is 1. The van der Waals surface area contributed by atoms with Gasteiger partial charge in [0.15, 0.2) is 0 Å². The van der Waals surface area contributed by atoms with Crippen molar-refractivity contribution < 1.29 is 4.79 Å². The molecule has 0 saturated carbocycles. The van der Waals surface area contributed by atoms with Crippen molar-refractivity contribution in [2.45, 2.75) is 6.92 Å². The quantitative estimate of drug-likeness (QED) is 0.699. The summed E-state index contributed by atoms with van der Waals surface area (Å²) in [5.74, 6) is -0.322. The van der Waals surface area contributed by atoms with E-state index in [9.17, 15) is 4.79 Å². The van der Waals surface area contributed by atoms with Gasteiger partial charge in [-0.3, -0.25) is 9.78 Å². The first kappa shape index (κ1) is 13.4. The fourth-order valence-corrected chi connectivity index (χ4v) is 1.71. The van der Waals surface area contributed by atoms with Gasteiger partial charge in [-0.15, -0.1) is 0 Å². The molecule has 1 heterocycles. The van der Waals surface area contributed by atoms with Crippen molar-refractivity contribution in [3.05, 3.63) is 64.4 Å². The zero-order chi connectivity index (χ0) is 13.7. The number of carbonyl (C=O) groups is 1. The molecule has 2 aromatic rings. The summed E-state index contributed by atoms with van der Waals surface area (Å²) in [6.07, 6.45) is 1.57. The van der Waals surface area contributed by atoms with E-state index in [2.05, 4.69) is 31.4 Å². The maximum absolute atomic E-state index is 11.7. The van der Waals surface area contributed by atoms with E-state index in [4.69, 9.17) is 0 Å². The van der Waals surface area contributed by atoms with Crippen molar-refractivity contribution >= 4 is 27.5 Å². The van der Waals surface area contributed by atoms with Crippen LogP contribution in [0, 0.1) is 0 Å². The Morgan fingerprint density at radius 3 is 2.58 bits per heavy atom. The number of pyridine rings is 1. The lowest BCUT2D eigenvalue weighted by Gasteiger charge is -2.02. The number of amides is 1. The van der Waals surface area contributed by atoms with E-state index in [1.165, 1.54) is 0 Å². The van der Waals surface area contributed by atoms with Crippen LogP contribution < -0.4 is 5.43 Å². The molecule has 0 bridgehead atoms. The van der Waals surface area contributed by atoms with Gasteiger partial charge in [-0.25, -0.2) is 5.43 Å². The fraction of sp³-hybridized carbons (Fsp3) is 0.0714. The van der Waals surface area contributed by atoms with Gasteiger partial charge in [0, 0.05) is 10.7 Å². The molecule has 19 heavy (non-hydrogen) atoms. The van der Waals surface area contributed by atoms with E-state index in [1.807, 2.05) is 31.2 Å². The summed E-state index contributed by atoms with van der Waals surface area (Å²) in [6.45, 7) is 1.84. The number of hydrogen-bond donors (Lipinski definition) is 1. The molecule has 0 aliphatic heterocycles. The fourth-order valence-electron chi connectivity index (χ4n) is 1.44. The van der Waals surface area contributed by atoms with E-state index >= 15 is 0 Å². The Kier molecular flexibility index (Phi) is 4.41. The third-order valence-corrected chi connectivity index (χ3v) is 3.01. The highest BCUT2D eigenvalue weighted by Gasteiger charge is 2.05. The van der Waals surface area contributed by atoms with E-state index in [0.29, 0.717) is 5.69 Å². The lowest BCUT2D eigenvalue weighted by Crippen LogP contribution is -2.20. The Labute approximate surface area is 119 Å². The second-order valence-electron chi connectivity index (χ2n) is 3.86. The second-order valence-corrected chi connectivity index (χ2v) is 4.78. The summed E-state index contributed by atoms with van der Waals surface area (Å²) in [4.78, 5) is 15.7. The van der Waals surface area contributed by atoms with Crippen LogP contribution in [0.15, 0.2) is 58.2 Å². The Morgan fingerprint density at radius 2 is 1.95 bits per heavy atom. The Morgan fingerprint density at radius 1 is 1.21 bits per heavy atom.